The number of para-hydroxylation sites is 1. The summed E-state index contributed by atoms with van der Waals surface area (Å²) in [5.41, 5.74) is 0.559. The predicted molar refractivity (Wildman–Crippen MR) is 72.0 cm³/mol. The number of phenolic OH excluding ortho intramolecular Hbond substituents is 2. The average molecular weight is 268 g/mol. The van der Waals surface area contributed by atoms with Crippen LogP contribution in [0.5, 0.6) is 11.5 Å². The number of aromatic hydroxyl groups is 2. The fourth-order valence-electron chi connectivity index (χ4n) is 1.76. The number of amides is 1. The molecule has 100 valence electrons. The molecule has 0 aliphatic carbocycles. The number of carbonyl (C=O) groups is 1. The van der Waals surface area contributed by atoms with Gasteiger partial charge in [0.1, 0.15) is 6.04 Å². The van der Waals surface area contributed by atoms with Crippen LogP contribution in [0, 0.1) is 11.3 Å². The monoisotopic (exact) mass is 268 g/mol. The van der Waals surface area contributed by atoms with Crippen molar-refractivity contribution in [1.82, 2.24) is 5.32 Å². The molecule has 20 heavy (non-hydrogen) atoms. The first-order valence-corrected chi connectivity index (χ1v) is 5.90. The van der Waals surface area contributed by atoms with E-state index in [0.717, 1.165) is 0 Å². The van der Waals surface area contributed by atoms with Crippen LogP contribution in [0.15, 0.2) is 48.5 Å². The Kier molecular flexibility index (Phi) is 3.87. The summed E-state index contributed by atoms with van der Waals surface area (Å²) in [6.07, 6.45) is 0. The first-order chi connectivity index (χ1) is 9.63. The summed E-state index contributed by atoms with van der Waals surface area (Å²) in [4.78, 5) is 12.0. The zero-order chi connectivity index (χ0) is 14.5. The molecule has 0 aliphatic rings. The van der Waals surface area contributed by atoms with Gasteiger partial charge in [-0.25, -0.2) is 0 Å². The molecule has 1 unspecified atom stereocenters. The maximum Gasteiger partial charge on any atom is 0.256 e. The van der Waals surface area contributed by atoms with Gasteiger partial charge in [0, 0.05) is 0 Å². The third-order valence-electron chi connectivity index (χ3n) is 2.80. The number of phenols is 2. The maximum absolute atomic E-state index is 12.0. The molecule has 5 heteroatoms. The largest absolute Gasteiger partial charge is 0.504 e. The summed E-state index contributed by atoms with van der Waals surface area (Å²) < 4.78 is 0. The number of hydrogen-bond donors (Lipinski definition) is 3. The van der Waals surface area contributed by atoms with Gasteiger partial charge < -0.3 is 15.5 Å². The third kappa shape index (κ3) is 2.70. The second-order valence-electron chi connectivity index (χ2n) is 4.12. The van der Waals surface area contributed by atoms with Crippen molar-refractivity contribution in [3.8, 4) is 17.6 Å². The van der Waals surface area contributed by atoms with E-state index in [2.05, 4.69) is 5.32 Å². The Labute approximate surface area is 115 Å². The van der Waals surface area contributed by atoms with E-state index in [1.807, 2.05) is 6.07 Å². The van der Waals surface area contributed by atoms with E-state index in [9.17, 15) is 15.0 Å². The summed E-state index contributed by atoms with van der Waals surface area (Å²) in [6, 6.07) is 14.0. The molecule has 1 amide bonds. The van der Waals surface area contributed by atoms with E-state index < -0.39 is 17.7 Å². The first kappa shape index (κ1) is 13.4. The van der Waals surface area contributed by atoms with Gasteiger partial charge in [0.2, 0.25) is 0 Å². The fraction of sp³-hybridized carbons (Fsp3) is 0.0667. The zero-order valence-electron chi connectivity index (χ0n) is 10.4. The van der Waals surface area contributed by atoms with Crippen molar-refractivity contribution in [2.75, 3.05) is 0 Å². The topological polar surface area (TPSA) is 93.4 Å². The highest BCUT2D eigenvalue weighted by molar-refractivity contribution is 5.98. The third-order valence-corrected chi connectivity index (χ3v) is 2.80. The Hall–Kier alpha value is -3.00. The Morgan fingerprint density at radius 2 is 1.80 bits per heavy atom. The van der Waals surface area contributed by atoms with Crippen LogP contribution >= 0.6 is 0 Å². The van der Waals surface area contributed by atoms with Gasteiger partial charge in [-0.05, 0) is 17.7 Å². The molecule has 0 radical (unpaired) electrons. The fourth-order valence-corrected chi connectivity index (χ4v) is 1.76. The molecule has 0 aliphatic heterocycles. The van der Waals surface area contributed by atoms with Crippen molar-refractivity contribution < 1.29 is 15.0 Å². The minimum Gasteiger partial charge on any atom is -0.504 e. The molecule has 0 bridgehead atoms. The molecule has 0 aromatic heterocycles. The van der Waals surface area contributed by atoms with Gasteiger partial charge in [0.15, 0.2) is 11.5 Å². The predicted octanol–water partition coefficient (Wildman–Crippen LogP) is 2.09. The Balaban J connectivity index is 2.23. The van der Waals surface area contributed by atoms with Gasteiger partial charge in [0.25, 0.3) is 5.91 Å². The Morgan fingerprint density at radius 1 is 1.10 bits per heavy atom. The molecule has 0 heterocycles. The number of nitrogens with zero attached hydrogens (tertiary/aromatic N) is 1. The number of benzene rings is 2. The highest BCUT2D eigenvalue weighted by Crippen LogP contribution is 2.28. The second kappa shape index (κ2) is 5.76. The van der Waals surface area contributed by atoms with Crippen molar-refractivity contribution in [3.63, 3.8) is 0 Å². The molecule has 1 atom stereocenters. The lowest BCUT2D eigenvalue weighted by atomic mass is 10.1. The van der Waals surface area contributed by atoms with Crippen LogP contribution in [0.2, 0.25) is 0 Å². The van der Waals surface area contributed by atoms with Crippen molar-refractivity contribution in [1.29, 1.82) is 5.26 Å². The summed E-state index contributed by atoms with van der Waals surface area (Å²) in [5, 5.41) is 30.6. The first-order valence-electron chi connectivity index (χ1n) is 5.90. The highest BCUT2D eigenvalue weighted by atomic mass is 16.3. The number of nitriles is 1. The van der Waals surface area contributed by atoms with Gasteiger partial charge in [-0.3, -0.25) is 4.79 Å². The van der Waals surface area contributed by atoms with Crippen LogP contribution in [0.1, 0.15) is 22.0 Å². The summed E-state index contributed by atoms with van der Waals surface area (Å²) >= 11 is 0. The van der Waals surface area contributed by atoms with Crippen LogP contribution in [0.3, 0.4) is 0 Å². The molecule has 0 fully saturated rings. The van der Waals surface area contributed by atoms with E-state index >= 15 is 0 Å². The molecule has 2 aromatic rings. The maximum atomic E-state index is 12.0. The normalized spacial score (nSPS) is 11.3. The van der Waals surface area contributed by atoms with Crippen molar-refractivity contribution in [2.24, 2.45) is 0 Å². The minimum absolute atomic E-state index is 0.0822. The van der Waals surface area contributed by atoms with Gasteiger partial charge >= 0.3 is 0 Å². The van der Waals surface area contributed by atoms with Crippen molar-refractivity contribution in [2.45, 2.75) is 6.04 Å². The molecular formula is C15H12N2O3. The van der Waals surface area contributed by atoms with Crippen LogP contribution in [0.25, 0.3) is 0 Å². The Bertz CT molecular complexity index is 663. The van der Waals surface area contributed by atoms with Crippen LogP contribution in [-0.4, -0.2) is 16.1 Å². The molecule has 0 saturated heterocycles. The van der Waals surface area contributed by atoms with Gasteiger partial charge in [-0.1, -0.05) is 36.4 Å². The number of nitrogens with one attached hydrogen (secondary N) is 1. The number of hydrogen-bond acceptors (Lipinski definition) is 4. The highest BCUT2D eigenvalue weighted by Gasteiger charge is 2.18. The molecule has 3 N–H and O–H groups in total. The van der Waals surface area contributed by atoms with Crippen molar-refractivity contribution in [3.05, 3.63) is 59.7 Å². The number of carbonyl (C=O) groups excluding carboxylic acids is 1. The van der Waals surface area contributed by atoms with Crippen LogP contribution < -0.4 is 5.32 Å². The lowest BCUT2D eigenvalue weighted by Crippen LogP contribution is -2.27. The SMILES string of the molecule is N#CC(NC(=O)c1cccc(O)c1O)c1ccccc1. The van der Waals surface area contributed by atoms with Crippen LogP contribution in [-0.2, 0) is 0 Å². The second-order valence-corrected chi connectivity index (χ2v) is 4.12. The van der Waals surface area contributed by atoms with Gasteiger partial charge in [-0.15, -0.1) is 0 Å². The van der Waals surface area contributed by atoms with E-state index in [1.165, 1.54) is 18.2 Å². The molecule has 2 aromatic carbocycles. The standard InChI is InChI=1S/C15H12N2O3/c16-9-12(10-5-2-1-3-6-10)17-15(20)11-7-4-8-13(18)14(11)19/h1-8,12,18-19H,(H,17,20). The lowest BCUT2D eigenvalue weighted by Gasteiger charge is -2.12. The quantitative estimate of drug-likeness (QED) is 0.743. The Morgan fingerprint density at radius 3 is 2.45 bits per heavy atom. The smallest absolute Gasteiger partial charge is 0.256 e. The lowest BCUT2D eigenvalue weighted by molar-refractivity contribution is 0.0942. The summed E-state index contributed by atoms with van der Waals surface area (Å²) in [7, 11) is 0. The van der Waals surface area contributed by atoms with Gasteiger partial charge in [0.05, 0.1) is 11.6 Å². The van der Waals surface area contributed by atoms with E-state index in [-0.39, 0.29) is 11.3 Å². The molecule has 2 rings (SSSR count). The van der Waals surface area contributed by atoms with Crippen molar-refractivity contribution >= 4 is 5.91 Å². The summed E-state index contributed by atoms with van der Waals surface area (Å²) in [6.45, 7) is 0. The molecule has 5 nitrogen and oxygen atoms in total. The number of rotatable bonds is 3. The van der Waals surface area contributed by atoms with Crippen LogP contribution in [0.4, 0.5) is 0 Å². The molecular weight excluding hydrogens is 256 g/mol. The van der Waals surface area contributed by atoms with E-state index in [4.69, 9.17) is 5.26 Å². The van der Waals surface area contributed by atoms with Gasteiger partial charge in [-0.2, -0.15) is 5.26 Å². The average Bonchev–Trinajstić information content (AvgIpc) is 2.48. The molecule has 0 saturated carbocycles. The van der Waals surface area contributed by atoms with E-state index in [1.54, 1.807) is 30.3 Å². The zero-order valence-corrected chi connectivity index (χ0v) is 10.4. The molecule has 0 spiro atoms. The van der Waals surface area contributed by atoms with E-state index in [0.29, 0.717) is 5.56 Å². The summed E-state index contributed by atoms with van der Waals surface area (Å²) in [5.74, 6) is -1.52. The minimum atomic E-state index is -0.828.